The van der Waals surface area contributed by atoms with Crippen LogP contribution in [0.5, 0.6) is 0 Å². The van der Waals surface area contributed by atoms with E-state index in [1.54, 1.807) is 11.8 Å². The molecule has 1 saturated heterocycles. The number of aromatic amines is 1. The molecule has 0 bridgehead atoms. The summed E-state index contributed by atoms with van der Waals surface area (Å²) in [6, 6.07) is 2.26. The molecular weight excluding hydrogens is 358 g/mol. The van der Waals surface area contributed by atoms with Crippen molar-refractivity contribution in [2.24, 2.45) is 0 Å². The molecule has 0 aliphatic carbocycles. The number of rotatable bonds is 3. The number of pyridine rings is 1. The number of carbonyl (C=O) groups excluding carboxylic acids is 1. The van der Waals surface area contributed by atoms with E-state index < -0.39 is 0 Å². The van der Waals surface area contributed by atoms with Crippen LogP contribution < -0.4 is 15.5 Å². The van der Waals surface area contributed by atoms with Crippen LogP contribution in [0.4, 0.5) is 5.69 Å². The zero-order valence-corrected chi connectivity index (χ0v) is 15.7. The van der Waals surface area contributed by atoms with Crippen LogP contribution in [0.3, 0.4) is 0 Å². The monoisotopic (exact) mass is 379 g/mol. The maximum atomic E-state index is 12.5. The van der Waals surface area contributed by atoms with Gasteiger partial charge in [-0.15, -0.1) is 24.2 Å². The molecule has 2 aliphatic rings. The van der Waals surface area contributed by atoms with E-state index in [2.05, 4.69) is 32.4 Å². The Morgan fingerprint density at radius 2 is 2.36 bits per heavy atom. The molecular formula is C17H22ClN5OS. The molecule has 2 aromatic rings. The Balaban J connectivity index is 0.00000182. The number of carbonyl (C=O) groups is 1. The lowest BCUT2D eigenvalue weighted by Gasteiger charge is -2.27. The van der Waals surface area contributed by atoms with Crippen molar-refractivity contribution in [1.82, 2.24) is 20.6 Å². The summed E-state index contributed by atoms with van der Waals surface area (Å²) in [7, 11) is 0. The molecule has 8 heteroatoms. The second kappa shape index (κ2) is 7.68. The number of amides is 1. The summed E-state index contributed by atoms with van der Waals surface area (Å²) in [5.74, 6) is 0.935. The molecule has 3 N–H and O–H groups in total. The lowest BCUT2D eigenvalue weighted by molar-refractivity contribution is -0.117. The molecule has 4 heterocycles. The highest BCUT2D eigenvalue weighted by Crippen LogP contribution is 2.32. The summed E-state index contributed by atoms with van der Waals surface area (Å²) in [5, 5.41) is 7.53. The molecule has 0 unspecified atom stereocenters. The molecule has 0 saturated carbocycles. The first kappa shape index (κ1) is 18.1. The van der Waals surface area contributed by atoms with E-state index in [1.807, 2.05) is 24.7 Å². The number of hydrogen-bond acceptors (Lipinski definition) is 5. The van der Waals surface area contributed by atoms with E-state index in [1.165, 1.54) is 5.56 Å². The van der Waals surface area contributed by atoms with E-state index in [0.717, 1.165) is 53.4 Å². The predicted octanol–water partition coefficient (Wildman–Crippen LogP) is 2.17. The van der Waals surface area contributed by atoms with E-state index >= 15 is 0 Å². The second-order valence-electron chi connectivity index (χ2n) is 6.22. The molecule has 134 valence electrons. The van der Waals surface area contributed by atoms with Gasteiger partial charge in [-0.05, 0) is 31.5 Å². The topological polar surface area (TPSA) is 73.0 Å². The third-order valence-electron chi connectivity index (χ3n) is 4.54. The van der Waals surface area contributed by atoms with Gasteiger partial charge in [0.15, 0.2) is 0 Å². The highest BCUT2D eigenvalue weighted by molar-refractivity contribution is 8.04. The van der Waals surface area contributed by atoms with Gasteiger partial charge in [-0.3, -0.25) is 4.79 Å². The Hall–Kier alpha value is -1.70. The Labute approximate surface area is 157 Å². The minimum Gasteiger partial charge on any atom is -0.347 e. The summed E-state index contributed by atoms with van der Waals surface area (Å²) in [6.07, 6.45) is 6.77. The van der Waals surface area contributed by atoms with Gasteiger partial charge in [0.2, 0.25) is 0 Å². The number of nitrogens with one attached hydrogen (secondary N) is 3. The fraction of sp³-hybridized carbons (Fsp3) is 0.412. The summed E-state index contributed by atoms with van der Waals surface area (Å²) in [5.41, 5.74) is 3.16. The maximum absolute atomic E-state index is 12.5. The zero-order chi connectivity index (χ0) is 16.5. The number of halogens is 1. The van der Waals surface area contributed by atoms with Crippen LogP contribution in [0.2, 0.25) is 0 Å². The minimum atomic E-state index is 0. The summed E-state index contributed by atoms with van der Waals surface area (Å²) in [6.45, 7) is 4.80. The molecule has 0 radical (unpaired) electrons. The van der Waals surface area contributed by atoms with Crippen LogP contribution in [0, 0.1) is 6.92 Å². The third-order valence-corrected chi connectivity index (χ3v) is 5.53. The summed E-state index contributed by atoms with van der Waals surface area (Å²) >= 11 is 1.63. The molecule has 0 aromatic carbocycles. The van der Waals surface area contributed by atoms with Crippen LogP contribution >= 0.6 is 24.2 Å². The standard InChI is InChI=1S/C17H21N5OS.ClH/c1-11-8-20-16-15(11)13(3-5-19-16)22-6-7-24-14(10-22)17(23)21-12-2-4-18-9-12;/h3,5,8,10,12,18H,2,4,6-7,9H2,1H3,(H,19,20)(H,21,23);1H/t12-;/m1./s1. The quantitative estimate of drug-likeness (QED) is 0.762. The van der Waals surface area contributed by atoms with Gasteiger partial charge in [0.25, 0.3) is 5.91 Å². The Morgan fingerprint density at radius 1 is 1.48 bits per heavy atom. The molecule has 2 aliphatic heterocycles. The number of nitrogens with zero attached hydrogens (tertiary/aromatic N) is 2. The first-order valence-corrected chi connectivity index (χ1v) is 9.26. The summed E-state index contributed by atoms with van der Waals surface area (Å²) < 4.78 is 0. The molecule has 1 amide bonds. The molecule has 6 nitrogen and oxygen atoms in total. The Bertz CT molecular complexity index is 799. The smallest absolute Gasteiger partial charge is 0.259 e. The fourth-order valence-corrected chi connectivity index (χ4v) is 4.18. The average molecular weight is 380 g/mol. The number of anilines is 1. The van der Waals surface area contributed by atoms with Crippen molar-refractivity contribution >= 4 is 46.8 Å². The predicted molar refractivity (Wildman–Crippen MR) is 105 cm³/mol. The molecule has 1 fully saturated rings. The van der Waals surface area contributed by atoms with Gasteiger partial charge in [-0.25, -0.2) is 4.98 Å². The van der Waals surface area contributed by atoms with Gasteiger partial charge in [0.1, 0.15) is 5.65 Å². The number of H-pyrrole nitrogens is 1. The van der Waals surface area contributed by atoms with Crippen LogP contribution in [-0.4, -0.2) is 47.3 Å². The van der Waals surface area contributed by atoms with E-state index in [4.69, 9.17) is 0 Å². The van der Waals surface area contributed by atoms with Crippen LogP contribution in [-0.2, 0) is 4.79 Å². The Morgan fingerprint density at radius 3 is 3.16 bits per heavy atom. The molecule has 2 aromatic heterocycles. The van der Waals surface area contributed by atoms with Gasteiger partial charge in [0, 0.05) is 48.9 Å². The normalized spacial score (nSPS) is 20.3. The van der Waals surface area contributed by atoms with Crippen LogP contribution in [0.1, 0.15) is 12.0 Å². The van der Waals surface area contributed by atoms with Crippen molar-refractivity contribution in [3.8, 4) is 0 Å². The molecule has 1 atom stereocenters. The SMILES string of the molecule is Cc1c[nH]c2nccc(N3C=C(C(=O)N[C@@H]4CCNC4)SCC3)c12.Cl. The van der Waals surface area contributed by atoms with Gasteiger partial charge >= 0.3 is 0 Å². The number of fused-ring (bicyclic) bond motifs is 1. The van der Waals surface area contributed by atoms with Crippen molar-refractivity contribution in [2.45, 2.75) is 19.4 Å². The number of aromatic nitrogens is 2. The van der Waals surface area contributed by atoms with Crippen LogP contribution in [0.15, 0.2) is 29.6 Å². The van der Waals surface area contributed by atoms with Gasteiger partial charge < -0.3 is 20.5 Å². The van der Waals surface area contributed by atoms with Crippen LogP contribution in [0.25, 0.3) is 11.0 Å². The zero-order valence-electron chi connectivity index (χ0n) is 14.0. The van der Waals surface area contributed by atoms with E-state index in [-0.39, 0.29) is 24.4 Å². The first-order valence-electron chi connectivity index (χ1n) is 8.28. The molecule has 25 heavy (non-hydrogen) atoms. The van der Waals surface area contributed by atoms with Crippen molar-refractivity contribution in [3.05, 3.63) is 35.1 Å². The van der Waals surface area contributed by atoms with Gasteiger partial charge in [0.05, 0.1) is 10.6 Å². The number of thioether (sulfide) groups is 1. The first-order chi connectivity index (χ1) is 11.7. The lowest BCUT2D eigenvalue weighted by Crippen LogP contribution is -2.38. The summed E-state index contributed by atoms with van der Waals surface area (Å²) in [4.78, 5) is 23.1. The number of hydrogen-bond donors (Lipinski definition) is 3. The van der Waals surface area contributed by atoms with Crippen molar-refractivity contribution in [1.29, 1.82) is 0 Å². The van der Waals surface area contributed by atoms with Crippen molar-refractivity contribution in [3.63, 3.8) is 0 Å². The molecule has 0 spiro atoms. The minimum absolute atomic E-state index is 0. The van der Waals surface area contributed by atoms with Gasteiger partial charge in [-0.1, -0.05) is 0 Å². The number of aryl methyl sites for hydroxylation is 1. The largest absolute Gasteiger partial charge is 0.347 e. The maximum Gasteiger partial charge on any atom is 0.259 e. The van der Waals surface area contributed by atoms with Crippen molar-refractivity contribution < 1.29 is 4.79 Å². The second-order valence-corrected chi connectivity index (χ2v) is 7.36. The van der Waals surface area contributed by atoms with E-state index in [9.17, 15) is 4.79 Å². The molecule has 4 rings (SSSR count). The van der Waals surface area contributed by atoms with E-state index in [0.29, 0.717) is 0 Å². The average Bonchev–Trinajstić information content (AvgIpc) is 3.25. The van der Waals surface area contributed by atoms with Gasteiger partial charge in [-0.2, -0.15) is 0 Å². The lowest BCUT2D eigenvalue weighted by atomic mass is 10.2. The third kappa shape index (κ3) is 3.63. The Kier molecular flexibility index (Phi) is 5.56. The highest BCUT2D eigenvalue weighted by atomic mass is 35.5. The highest BCUT2D eigenvalue weighted by Gasteiger charge is 2.23. The van der Waals surface area contributed by atoms with Crippen molar-refractivity contribution in [2.75, 3.05) is 30.3 Å². The fourth-order valence-electron chi connectivity index (χ4n) is 3.28.